The first-order chi connectivity index (χ1) is 18.1. The van der Waals surface area contributed by atoms with Crippen molar-refractivity contribution in [2.24, 2.45) is 23.7 Å². The Hall–Kier alpha value is -1.26. The van der Waals surface area contributed by atoms with E-state index in [1.807, 2.05) is 7.05 Å². The standard InChI is InChI=1S/C33H53N2O2/c1-34-27-13-8-14-29(21-27)37-33-16-15-30(23-32(33)25-11-4-3-5-12-25)36-31-20-26(24-9-6-7-10-24)19-28(22-31)35(2)17-18-35/h8,13-14,21,24-26,28,30-34H,3-7,9-12,15-20,22-23H2,1-2H3/q+1/t26?,28?,30?,31?,32?,33-/m0/s1. The van der Waals surface area contributed by atoms with Gasteiger partial charge in [-0.1, -0.05) is 63.9 Å². The molecule has 0 aromatic heterocycles. The van der Waals surface area contributed by atoms with Crippen LogP contribution in [0, 0.1) is 23.7 Å². The zero-order valence-electron chi connectivity index (χ0n) is 23.7. The first kappa shape index (κ1) is 26.0. The molecule has 4 nitrogen and oxygen atoms in total. The number of nitrogens with zero attached hydrogens (tertiary/aromatic N) is 1. The Morgan fingerprint density at radius 2 is 1.51 bits per heavy atom. The average molecular weight is 510 g/mol. The van der Waals surface area contributed by atoms with E-state index in [0.717, 1.165) is 41.7 Å². The summed E-state index contributed by atoms with van der Waals surface area (Å²) in [5.74, 6) is 4.37. The first-order valence-corrected chi connectivity index (χ1v) is 16.0. The van der Waals surface area contributed by atoms with E-state index in [2.05, 4.69) is 36.6 Å². The Morgan fingerprint density at radius 3 is 2.27 bits per heavy atom. The van der Waals surface area contributed by atoms with Crippen molar-refractivity contribution in [2.75, 3.05) is 32.5 Å². The molecule has 1 N–H and O–H groups in total. The van der Waals surface area contributed by atoms with Crippen LogP contribution in [0.5, 0.6) is 5.75 Å². The third kappa shape index (κ3) is 6.16. The summed E-state index contributed by atoms with van der Waals surface area (Å²) in [7, 11) is 4.51. The van der Waals surface area contributed by atoms with Crippen molar-refractivity contribution in [2.45, 2.75) is 121 Å². The van der Waals surface area contributed by atoms with Crippen LogP contribution < -0.4 is 10.1 Å². The third-order valence-corrected chi connectivity index (χ3v) is 11.4. The van der Waals surface area contributed by atoms with Crippen LogP contribution in [-0.2, 0) is 4.74 Å². The third-order valence-electron chi connectivity index (χ3n) is 11.4. The van der Waals surface area contributed by atoms with Crippen LogP contribution in [0.2, 0.25) is 0 Å². The van der Waals surface area contributed by atoms with Gasteiger partial charge >= 0.3 is 0 Å². The Labute approximate surface area is 226 Å². The molecule has 4 saturated carbocycles. The molecule has 5 aliphatic rings. The first-order valence-electron chi connectivity index (χ1n) is 16.0. The summed E-state index contributed by atoms with van der Waals surface area (Å²) in [6, 6.07) is 9.39. The zero-order chi connectivity index (χ0) is 25.2. The predicted octanol–water partition coefficient (Wildman–Crippen LogP) is 7.43. The Kier molecular flexibility index (Phi) is 8.05. The molecule has 1 aromatic rings. The van der Waals surface area contributed by atoms with Gasteiger partial charge in [-0.2, -0.15) is 0 Å². The van der Waals surface area contributed by atoms with Crippen LogP contribution in [0.25, 0.3) is 0 Å². The van der Waals surface area contributed by atoms with Crippen molar-refractivity contribution < 1.29 is 14.0 Å². The number of quaternary nitrogens is 1. The summed E-state index contributed by atoms with van der Waals surface area (Å²) in [6.07, 6.45) is 21.8. The van der Waals surface area contributed by atoms with Crippen molar-refractivity contribution in [3.63, 3.8) is 0 Å². The van der Waals surface area contributed by atoms with E-state index in [-0.39, 0.29) is 0 Å². The molecule has 0 amide bonds. The minimum absolute atomic E-state index is 0.336. The van der Waals surface area contributed by atoms with Gasteiger partial charge in [0, 0.05) is 37.6 Å². The maximum atomic E-state index is 7.16. The molecular weight excluding hydrogens is 456 g/mol. The number of benzene rings is 1. The quantitative estimate of drug-likeness (QED) is 0.292. The lowest BCUT2D eigenvalue weighted by molar-refractivity contribution is -0.809. The molecule has 0 radical (unpaired) electrons. The molecule has 4 heteroatoms. The van der Waals surface area contributed by atoms with E-state index in [1.54, 1.807) is 0 Å². The van der Waals surface area contributed by atoms with Gasteiger partial charge in [0.15, 0.2) is 0 Å². The molecule has 37 heavy (non-hydrogen) atoms. The van der Waals surface area contributed by atoms with Crippen LogP contribution >= 0.6 is 0 Å². The van der Waals surface area contributed by atoms with Gasteiger partial charge in [0.2, 0.25) is 0 Å². The van der Waals surface area contributed by atoms with E-state index in [4.69, 9.17) is 9.47 Å². The lowest BCUT2D eigenvalue weighted by Crippen LogP contribution is -2.47. The fourth-order valence-corrected chi connectivity index (χ4v) is 8.87. The van der Waals surface area contributed by atoms with Gasteiger partial charge in [-0.3, -0.25) is 0 Å². The summed E-state index contributed by atoms with van der Waals surface area (Å²) < 4.78 is 15.2. The highest BCUT2D eigenvalue weighted by Crippen LogP contribution is 2.46. The molecule has 0 spiro atoms. The highest BCUT2D eigenvalue weighted by molar-refractivity contribution is 5.47. The SMILES string of the molecule is CNc1cccc(O[C@H]2CCC(OC3CC(C4CCCC4)CC([N+]4(C)CC4)C3)CC2C2CCCCC2)c1. The minimum Gasteiger partial charge on any atom is -0.490 e. The fraction of sp³-hybridized carbons (Fsp3) is 0.818. The van der Waals surface area contributed by atoms with E-state index in [9.17, 15) is 0 Å². The topological polar surface area (TPSA) is 30.5 Å². The molecule has 4 aliphatic carbocycles. The molecule has 5 fully saturated rings. The van der Waals surface area contributed by atoms with Crippen molar-refractivity contribution >= 4 is 5.69 Å². The largest absolute Gasteiger partial charge is 0.490 e. The highest BCUT2D eigenvalue weighted by Gasteiger charge is 2.50. The van der Waals surface area contributed by atoms with E-state index in [0.29, 0.717) is 24.2 Å². The van der Waals surface area contributed by atoms with Crippen molar-refractivity contribution in [1.29, 1.82) is 0 Å². The lowest BCUT2D eigenvalue weighted by Gasteiger charge is -2.44. The number of likely N-dealkylation sites (N-methyl/N-ethyl adjacent to an activating group) is 1. The predicted molar refractivity (Wildman–Crippen MR) is 152 cm³/mol. The van der Waals surface area contributed by atoms with Crippen LogP contribution in [0.4, 0.5) is 5.69 Å². The van der Waals surface area contributed by atoms with Crippen LogP contribution in [0.1, 0.15) is 96.3 Å². The summed E-state index contributed by atoms with van der Waals surface area (Å²) in [6.45, 7) is 2.80. The molecule has 6 atom stereocenters. The van der Waals surface area contributed by atoms with Crippen LogP contribution in [0.3, 0.4) is 0 Å². The molecule has 6 rings (SSSR count). The van der Waals surface area contributed by atoms with E-state index >= 15 is 0 Å². The molecule has 1 saturated heterocycles. The van der Waals surface area contributed by atoms with Gasteiger partial charge in [-0.05, 0) is 55.6 Å². The Balaban J connectivity index is 1.13. The highest BCUT2D eigenvalue weighted by atomic mass is 16.5. The lowest BCUT2D eigenvalue weighted by atomic mass is 9.71. The molecular formula is C33H53N2O2+. The van der Waals surface area contributed by atoms with Gasteiger partial charge in [-0.15, -0.1) is 0 Å². The maximum absolute atomic E-state index is 7.16. The summed E-state index contributed by atoms with van der Waals surface area (Å²) in [4.78, 5) is 0. The van der Waals surface area contributed by atoms with Gasteiger partial charge in [0.1, 0.15) is 24.9 Å². The van der Waals surface area contributed by atoms with E-state index in [1.165, 1.54) is 107 Å². The summed E-state index contributed by atoms with van der Waals surface area (Å²) in [5, 5.41) is 3.27. The molecule has 1 aliphatic heterocycles. The summed E-state index contributed by atoms with van der Waals surface area (Å²) >= 11 is 0. The Bertz CT molecular complexity index is 873. The van der Waals surface area contributed by atoms with E-state index < -0.39 is 0 Å². The fourth-order valence-electron chi connectivity index (χ4n) is 8.87. The minimum atomic E-state index is 0.336. The normalized spacial score (nSPS) is 36.8. The second-order valence-electron chi connectivity index (χ2n) is 13.8. The second kappa shape index (κ2) is 11.5. The molecule has 0 bridgehead atoms. The number of nitrogens with one attached hydrogen (secondary N) is 1. The molecule has 206 valence electrons. The Morgan fingerprint density at radius 1 is 0.757 bits per heavy atom. The number of hydrogen-bond acceptors (Lipinski definition) is 3. The van der Waals surface area contributed by atoms with Gasteiger partial charge in [0.25, 0.3) is 0 Å². The average Bonchev–Trinajstić information content (AvgIpc) is 3.45. The summed E-state index contributed by atoms with van der Waals surface area (Å²) in [5.41, 5.74) is 1.13. The maximum Gasteiger partial charge on any atom is 0.129 e. The van der Waals surface area contributed by atoms with Crippen LogP contribution in [-0.4, -0.2) is 56.0 Å². The van der Waals surface area contributed by atoms with Crippen LogP contribution in [0.15, 0.2) is 24.3 Å². The second-order valence-corrected chi connectivity index (χ2v) is 13.8. The zero-order valence-corrected chi connectivity index (χ0v) is 23.7. The van der Waals surface area contributed by atoms with Crippen molar-refractivity contribution in [1.82, 2.24) is 0 Å². The van der Waals surface area contributed by atoms with Gasteiger partial charge < -0.3 is 19.3 Å². The molecule has 1 aromatic carbocycles. The molecule has 1 heterocycles. The van der Waals surface area contributed by atoms with Gasteiger partial charge in [0.05, 0.1) is 25.3 Å². The number of ether oxygens (including phenoxy) is 2. The smallest absolute Gasteiger partial charge is 0.129 e. The number of hydrogen-bond donors (Lipinski definition) is 1. The molecule has 5 unspecified atom stereocenters. The van der Waals surface area contributed by atoms with Crippen molar-refractivity contribution in [3.8, 4) is 5.75 Å². The monoisotopic (exact) mass is 509 g/mol. The number of rotatable bonds is 8. The van der Waals surface area contributed by atoms with Gasteiger partial charge in [-0.25, -0.2) is 0 Å². The van der Waals surface area contributed by atoms with Crippen molar-refractivity contribution in [3.05, 3.63) is 24.3 Å². The number of anilines is 1.